The molecule has 1 saturated heterocycles. The highest BCUT2D eigenvalue weighted by molar-refractivity contribution is 5.74. The molecule has 2 amide bonds. The van der Waals surface area contributed by atoms with Gasteiger partial charge in [-0.3, -0.25) is 14.5 Å². The molecule has 5 nitrogen and oxygen atoms in total. The molecular weight excluding hydrogens is 182 g/mol. The van der Waals surface area contributed by atoms with Crippen LogP contribution >= 0.6 is 0 Å². The van der Waals surface area contributed by atoms with Crippen LogP contribution in [0.5, 0.6) is 0 Å². The van der Waals surface area contributed by atoms with Gasteiger partial charge in [0.15, 0.2) is 0 Å². The lowest BCUT2D eigenvalue weighted by atomic mass is 10.1. The molecule has 0 saturated carbocycles. The highest BCUT2D eigenvalue weighted by Gasteiger charge is 2.20. The maximum absolute atomic E-state index is 10.7. The van der Waals surface area contributed by atoms with Crippen LogP contribution < -0.4 is 5.73 Å². The Bertz CT molecular complexity index is 212. The van der Waals surface area contributed by atoms with Gasteiger partial charge >= 0.3 is 0 Å². The Hall–Kier alpha value is -1.10. The molecule has 80 valence electrons. The molecule has 0 bridgehead atoms. The van der Waals surface area contributed by atoms with Crippen molar-refractivity contribution in [2.24, 2.45) is 5.73 Å². The number of piperazine rings is 1. The SMILES string of the molecule is CC(CC(N)=O)N1CCN(C=O)CC1. The average molecular weight is 199 g/mol. The van der Waals surface area contributed by atoms with Gasteiger partial charge in [-0.25, -0.2) is 0 Å². The molecule has 0 aromatic carbocycles. The first-order chi connectivity index (χ1) is 6.63. The highest BCUT2D eigenvalue weighted by Crippen LogP contribution is 2.07. The summed E-state index contributed by atoms with van der Waals surface area (Å²) in [6, 6.07) is 0.182. The minimum Gasteiger partial charge on any atom is -0.370 e. The van der Waals surface area contributed by atoms with Crippen molar-refractivity contribution >= 4 is 12.3 Å². The fourth-order valence-corrected chi connectivity index (χ4v) is 1.70. The van der Waals surface area contributed by atoms with E-state index in [-0.39, 0.29) is 11.9 Å². The number of amides is 2. The number of hydrogen-bond donors (Lipinski definition) is 1. The van der Waals surface area contributed by atoms with Gasteiger partial charge in [-0.05, 0) is 6.92 Å². The summed E-state index contributed by atoms with van der Waals surface area (Å²) in [6.07, 6.45) is 1.26. The quantitative estimate of drug-likeness (QED) is 0.592. The molecule has 1 atom stereocenters. The molecule has 1 aliphatic rings. The first-order valence-electron chi connectivity index (χ1n) is 4.85. The summed E-state index contributed by atoms with van der Waals surface area (Å²) in [6.45, 7) is 5.13. The van der Waals surface area contributed by atoms with E-state index in [9.17, 15) is 9.59 Å². The highest BCUT2D eigenvalue weighted by atomic mass is 16.1. The second kappa shape index (κ2) is 4.95. The summed E-state index contributed by atoms with van der Waals surface area (Å²) in [5.74, 6) is -0.268. The molecule has 1 unspecified atom stereocenters. The number of carbonyl (C=O) groups excluding carboxylic acids is 2. The van der Waals surface area contributed by atoms with Gasteiger partial charge in [0, 0.05) is 38.6 Å². The van der Waals surface area contributed by atoms with Gasteiger partial charge in [-0.1, -0.05) is 0 Å². The summed E-state index contributed by atoms with van der Waals surface area (Å²) < 4.78 is 0. The molecule has 1 heterocycles. The molecule has 1 fully saturated rings. The van der Waals surface area contributed by atoms with Gasteiger partial charge in [0.05, 0.1) is 0 Å². The fraction of sp³-hybridized carbons (Fsp3) is 0.778. The van der Waals surface area contributed by atoms with Crippen LogP contribution in [0.15, 0.2) is 0 Å². The largest absolute Gasteiger partial charge is 0.370 e. The standard InChI is InChI=1S/C9H17N3O2/c1-8(6-9(10)14)12-4-2-11(7-13)3-5-12/h7-8H,2-6H2,1H3,(H2,10,14). The van der Waals surface area contributed by atoms with Gasteiger partial charge in [-0.15, -0.1) is 0 Å². The van der Waals surface area contributed by atoms with Gasteiger partial charge in [0.25, 0.3) is 0 Å². The lowest BCUT2D eigenvalue weighted by Gasteiger charge is -2.36. The Morgan fingerprint density at radius 2 is 2.00 bits per heavy atom. The van der Waals surface area contributed by atoms with Crippen molar-refractivity contribution in [3.63, 3.8) is 0 Å². The van der Waals surface area contributed by atoms with E-state index >= 15 is 0 Å². The fourth-order valence-electron chi connectivity index (χ4n) is 1.70. The van der Waals surface area contributed by atoms with Crippen LogP contribution in [0.2, 0.25) is 0 Å². The molecule has 2 N–H and O–H groups in total. The molecule has 0 spiro atoms. The minimum atomic E-state index is -0.268. The second-order valence-corrected chi connectivity index (χ2v) is 3.70. The molecular formula is C9H17N3O2. The molecule has 14 heavy (non-hydrogen) atoms. The lowest BCUT2D eigenvalue weighted by Crippen LogP contribution is -2.49. The van der Waals surface area contributed by atoms with Gasteiger partial charge in [-0.2, -0.15) is 0 Å². The molecule has 1 aliphatic heterocycles. The molecule has 1 rings (SSSR count). The first-order valence-corrected chi connectivity index (χ1v) is 4.85. The van der Waals surface area contributed by atoms with Crippen LogP contribution in [0.4, 0.5) is 0 Å². The van der Waals surface area contributed by atoms with Crippen molar-refractivity contribution < 1.29 is 9.59 Å². The third-order valence-electron chi connectivity index (χ3n) is 2.62. The monoisotopic (exact) mass is 199 g/mol. The zero-order chi connectivity index (χ0) is 10.6. The predicted molar refractivity (Wildman–Crippen MR) is 52.5 cm³/mol. The molecule has 0 aliphatic carbocycles. The maximum atomic E-state index is 10.7. The molecule has 5 heteroatoms. The van der Waals surface area contributed by atoms with Crippen molar-refractivity contribution in [1.29, 1.82) is 0 Å². The second-order valence-electron chi connectivity index (χ2n) is 3.70. The number of primary amides is 1. The summed E-state index contributed by atoms with van der Waals surface area (Å²) in [5.41, 5.74) is 5.12. The number of carbonyl (C=O) groups is 2. The zero-order valence-corrected chi connectivity index (χ0v) is 8.48. The number of nitrogens with zero attached hydrogens (tertiary/aromatic N) is 2. The van der Waals surface area contributed by atoms with Gasteiger partial charge in [0.2, 0.25) is 12.3 Å². The van der Waals surface area contributed by atoms with Crippen LogP contribution in [0.25, 0.3) is 0 Å². The minimum absolute atomic E-state index is 0.182. The molecule has 0 radical (unpaired) electrons. The topological polar surface area (TPSA) is 66.6 Å². The summed E-state index contributed by atoms with van der Waals surface area (Å²) in [7, 11) is 0. The Morgan fingerprint density at radius 3 is 2.43 bits per heavy atom. The smallest absolute Gasteiger partial charge is 0.218 e. The Balaban J connectivity index is 2.33. The van der Waals surface area contributed by atoms with E-state index in [1.54, 1.807) is 4.90 Å². The van der Waals surface area contributed by atoms with E-state index in [0.717, 1.165) is 32.6 Å². The van der Waals surface area contributed by atoms with Crippen LogP contribution in [-0.2, 0) is 9.59 Å². The molecule has 0 aromatic heterocycles. The Morgan fingerprint density at radius 1 is 1.43 bits per heavy atom. The predicted octanol–water partition coefficient (Wildman–Crippen LogP) is -0.976. The van der Waals surface area contributed by atoms with Crippen molar-refractivity contribution in [3.8, 4) is 0 Å². The first kappa shape index (κ1) is 11.0. The van der Waals surface area contributed by atoms with E-state index in [1.807, 2.05) is 6.92 Å². The van der Waals surface area contributed by atoms with Crippen LogP contribution in [0.1, 0.15) is 13.3 Å². The molecule has 0 aromatic rings. The van der Waals surface area contributed by atoms with Crippen molar-refractivity contribution in [1.82, 2.24) is 9.80 Å². The van der Waals surface area contributed by atoms with Gasteiger partial charge < -0.3 is 10.6 Å². The van der Waals surface area contributed by atoms with Crippen molar-refractivity contribution in [3.05, 3.63) is 0 Å². The van der Waals surface area contributed by atoms with Crippen molar-refractivity contribution in [2.45, 2.75) is 19.4 Å². The van der Waals surface area contributed by atoms with E-state index < -0.39 is 0 Å². The van der Waals surface area contributed by atoms with Gasteiger partial charge in [0.1, 0.15) is 0 Å². The normalized spacial score (nSPS) is 20.5. The van der Waals surface area contributed by atoms with Crippen LogP contribution in [-0.4, -0.2) is 54.3 Å². The van der Waals surface area contributed by atoms with Crippen LogP contribution in [0.3, 0.4) is 0 Å². The van der Waals surface area contributed by atoms with E-state index in [1.165, 1.54) is 0 Å². The summed E-state index contributed by atoms with van der Waals surface area (Å²) in [5, 5.41) is 0. The van der Waals surface area contributed by atoms with E-state index in [2.05, 4.69) is 4.90 Å². The van der Waals surface area contributed by atoms with Crippen molar-refractivity contribution in [2.75, 3.05) is 26.2 Å². The number of hydrogen-bond acceptors (Lipinski definition) is 3. The van der Waals surface area contributed by atoms with E-state index in [4.69, 9.17) is 5.73 Å². The van der Waals surface area contributed by atoms with Crippen LogP contribution in [0, 0.1) is 0 Å². The summed E-state index contributed by atoms with van der Waals surface area (Å²) >= 11 is 0. The van der Waals surface area contributed by atoms with E-state index in [0.29, 0.717) is 6.42 Å². The zero-order valence-electron chi connectivity index (χ0n) is 8.48. The third kappa shape index (κ3) is 2.99. The third-order valence-corrected chi connectivity index (χ3v) is 2.62. The number of rotatable bonds is 4. The Kier molecular flexibility index (Phi) is 3.88. The number of nitrogens with two attached hydrogens (primary N) is 1. The Labute approximate surface area is 83.8 Å². The average Bonchev–Trinajstić information content (AvgIpc) is 2.17. The maximum Gasteiger partial charge on any atom is 0.218 e. The lowest BCUT2D eigenvalue weighted by molar-refractivity contribution is -0.122. The summed E-state index contributed by atoms with van der Waals surface area (Å²) in [4.78, 5) is 25.1.